The predicted molar refractivity (Wildman–Crippen MR) is 64.8 cm³/mol. The van der Waals surface area contributed by atoms with Crippen LogP contribution < -0.4 is 4.90 Å². The number of fused-ring (bicyclic) bond motifs is 1. The van der Waals surface area contributed by atoms with Crippen LogP contribution in [0.25, 0.3) is 10.7 Å². The second-order valence-electron chi connectivity index (χ2n) is 3.73. The highest BCUT2D eigenvalue weighted by Crippen LogP contribution is 2.29. The van der Waals surface area contributed by atoms with Crippen molar-refractivity contribution in [3.63, 3.8) is 0 Å². The maximum Gasteiger partial charge on any atom is 0.233 e. The van der Waals surface area contributed by atoms with Crippen molar-refractivity contribution in [2.45, 2.75) is 6.42 Å². The normalized spacial score (nSPS) is 13.5. The van der Waals surface area contributed by atoms with Gasteiger partial charge in [0.2, 0.25) is 5.91 Å². The molecule has 0 radical (unpaired) electrons. The molecule has 0 fully saturated rings. The van der Waals surface area contributed by atoms with Crippen LogP contribution in [0.3, 0.4) is 0 Å². The minimum atomic E-state index is -0.109. The lowest BCUT2D eigenvalue weighted by atomic mass is 10.3. The Bertz CT molecular complexity index is 646. The first-order valence-electron chi connectivity index (χ1n) is 5.24. The number of nitriles is 1. The lowest BCUT2D eigenvalue weighted by Crippen LogP contribution is -2.27. The maximum absolute atomic E-state index is 11.7. The monoisotopic (exact) mass is 257 g/mol. The summed E-state index contributed by atoms with van der Waals surface area (Å²) in [4.78, 5) is 22.5. The van der Waals surface area contributed by atoms with Crippen LogP contribution in [0.15, 0.2) is 18.5 Å². The van der Waals surface area contributed by atoms with Crippen molar-refractivity contribution < 1.29 is 4.79 Å². The second kappa shape index (κ2) is 4.16. The molecule has 1 amide bonds. The molecule has 2 aromatic rings. The third-order valence-electron chi connectivity index (χ3n) is 2.63. The number of hydrogen-bond acceptors (Lipinski definition) is 6. The van der Waals surface area contributed by atoms with E-state index in [0.717, 1.165) is 10.4 Å². The minimum absolute atomic E-state index is 0.0188. The van der Waals surface area contributed by atoms with Crippen LogP contribution >= 0.6 is 11.5 Å². The summed E-state index contributed by atoms with van der Waals surface area (Å²) in [5.74, 6) is 0.969. The van der Waals surface area contributed by atoms with Gasteiger partial charge in [-0.05, 0) is 17.6 Å². The molecule has 18 heavy (non-hydrogen) atoms. The lowest BCUT2D eigenvalue weighted by Gasteiger charge is -2.11. The van der Waals surface area contributed by atoms with E-state index in [1.807, 2.05) is 12.1 Å². The molecule has 0 aliphatic carbocycles. The number of anilines is 1. The number of carbonyl (C=O) groups is 1. The van der Waals surface area contributed by atoms with E-state index in [9.17, 15) is 4.79 Å². The molecule has 0 unspecified atom stereocenters. The van der Waals surface area contributed by atoms with Gasteiger partial charge in [-0.25, -0.2) is 14.3 Å². The Balaban J connectivity index is 2.06. The fraction of sp³-hybridized carbons (Fsp3) is 0.182. The van der Waals surface area contributed by atoms with Crippen molar-refractivity contribution in [3.8, 4) is 16.8 Å². The van der Waals surface area contributed by atoms with Crippen molar-refractivity contribution in [2.24, 2.45) is 0 Å². The Kier molecular flexibility index (Phi) is 2.50. The highest BCUT2D eigenvalue weighted by molar-refractivity contribution is 7.09. The summed E-state index contributed by atoms with van der Waals surface area (Å²) >= 11 is 1.29. The van der Waals surface area contributed by atoms with Gasteiger partial charge >= 0.3 is 0 Å². The van der Waals surface area contributed by atoms with E-state index in [2.05, 4.69) is 14.3 Å². The quantitative estimate of drug-likeness (QED) is 0.750. The van der Waals surface area contributed by atoms with E-state index in [4.69, 9.17) is 5.26 Å². The number of aromatic nitrogens is 3. The average molecular weight is 257 g/mol. The molecular weight excluding hydrogens is 250 g/mol. The van der Waals surface area contributed by atoms with Gasteiger partial charge in [0, 0.05) is 18.0 Å². The molecule has 0 saturated carbocycles. The number of carbonyl (C=O) groups excluding carboxylic acids is 1. The van der Waals surface area contributed by atoms with Gasteiger partial charge in [-0.15, -0.1) is 0 Å². The molecule has 0 N–H and O–H groups in total. The van der Waals surface area contributed by atoms with E-state index in [1.54, 1.807) is 12.4 Å². The highest BCUT2D eigenvalue weighted by atomic mass is 32.1. The molecule has 6 nitrogen and oxygen atoms in total. The topological polar surface area (TPSA) is 82.8 Å². The van der Waals surface area contributed by atoms with Gasteiger partial charge in [0.1, 0.15) is 12.4 Å². The fourth-order valence-corrected chi connectivity index (χ4v) is 2.35. The zero-order valence-electron chi connectivity index (χ0n) is 9.20. The van der Waals surface area contributed by atoms with E-state index >= 15 is 0 Å². The van der Waals surface area contributed by atoms with Crippen molar-refractivity contribution in [1.29, 1.82) is 5.26 Å². The van der Waals surface area contributed by atoms with Crippen molar-refractivity contribution in [3.05, 3.63) is 24.0 Å². The molecule has 3 rings (SSSR count). The largest absolute Gasteiger partial charge is 0.282 e. The lowest BCUT2D eigenvalue weighted by molar-refractivity contribution is -0.117. The smallest absolute Gasteiger partial charge is 0.233 e. The van der Waals surface area contributed by atoms with E-state index in [0.29, 0.717) is 11.6 Å². The average Bonchev–Trinajstić information content (AvgIpc) is 2.98. The van der Waals surface area contributed by atoms with Crippen molar-refractivity contribution >= 4 is 23.3 Å². The van der Waals surface area contributed by atoms with Gasteiger partial charge in [-0.3, -0.25) is 9.69 Å². The van der Waals surface area contributed by atoms with Gasteiger partial charge in [0.25, 0.3) is 0 Å². The van der Waals surface area contributed by atoms with Crippen molar-refractivity contribution in [1.82, 2.24) is 14.3 Å². The molecule has 1 aliphatic heterocycles. The Morgan fingerprint density at radius 1 is 1.56 bits per heavy atom. The Morgan fingerprint density at radius 2 is 2.44 bits per heavy atom. The van der Waals surface area contributed by atoms with Gasteiger partial charge < -0.3 is 0 Å². The fourth-order valence-electron chi connectivity index (χ4n) is 1.82. The summed E-state index contributed by atoms with van der Waals surface area (Å²) in [6.07, 6.45) is 3.58. The van der Waals surface area contributed by atoms with Crippen LogP contribution in [-0.2, 0) is 11.2 Å². The van der Waals surface area contributed by atoms with Crippen LogP contribution in [0.2, 0.25) is 0 Å². The van der Waals surface area contributed by atoms with E-state index < -0.39 is 0 Å². The van der Waals surface area contributed by atoms with Gasteiger partial charge in [0.15, 0.2) is 5.82 Å². The summed E-state index contributed by atoms with van der Waals surface area (Å²) in [5.41, 5.74) is 0.767. The van der Waals surface area contributed by atoms with Gasteiger partial charge in [0.05, 0.1) is 17.4 Å². The number of hydrogen-bond donors (Lipinski definition) is 0. The third kappa shape index (κ3) is 1.63. The standard InChI is InChI=1S/C11H7N5OS/c12-2-4-16-9(17)5-7-6-13-10(15-11(7)16)8-1-3-14-18-8/h1,3,6H,4-5H2. The zero-order valence-corrected chi connectivity index (χ0v) is 10.0. The van der Waals surface area contributed by atoms with E-state index in [-0.39, 0.29) is 18.9 Å². The summed E-state index contributed by atoms with van der Waals surface area (Å²) in [6, 6.07) is 3.79. The molecular formula is C11H7N5OS. The molecule has 88 valence electrons. The number of rotatable bonds is 2. The van der Waals surface area contributed by atoms with Crippen molar-refractivity contribution in [2.75, 3.05) is 11.4 Å². The van der Waals surface area contributed by atoms with Crippen LogP contribution in [0.1, 0.15) is 5.56 Å². The summed E-state index contributed by atoms with van der Waals surface area (Å²) in [5, 5.41) is 8.73. The number of amides is 1. The molecule has 0 bridgehead atoms. The first-order chi connectivity index (χ1) is 8.79. The Hall–Kier alpha value is -2.33. The summed E-state index contributed by atoms with van der Waals surface area (Å²) < 4.78 is 3.99. The molecule has 0 saturated heterocycles. The Labute approximate surface area is 107 Å². The highest BCUT2D eigenvalue weighted by Gasteiger charge is 2.29. The molecule has 0 atom stereocenters. The molecule has 0 spiro atoms. The van der Waals surface area contributed by atoms with Gasteiger partial charge in [-0.2, -0.15) is 5.26 Å². The molecule has 2 aromatic heterocycles. The maximum atomic E-state index is 11.7. The van der Waals surface area contributed by atoms with Crippen LogP contribution in [0.5, 0.6) is 0 Å². The minimum Gasteiger partial charge on any atom is -0.282 e. The number of nitrogens with zero attached hydrogens (tertiary/aromatic N) is 5. The van der Waals surface area contributed by atoms with E-state index in [1.165, 1.54) is 16.4 Å². The first-order valence-corrected chi connectivity index (χ1v) is 6.01. The molecule has 3 heterocycles. The molecule has 7 heteroatoms. The van der Waals surface area contributed by atoms with Gasteiger partial charge in [-0.1, -0.05) is 0 Å². The molecule has 1 aliphatic rings. The summed E-state index contributed by atoms with van der Waals surface area (Å²) in [7, 11) is 0. The van der Waals surface area contributed by atoms with Crippen LogP contribution in [0.4, 0.5) is 5.82 Å². The second-order valence-corrected chi connectivity index (χ2v) is 4.57. The predicted octanol–water partition coefficient (Wildman–Crippen LogP) is 1.01. The summed E-state index contributed by atoms with van der Waals surface area (Å²) in [6.45, 7) is 0.0188. The van der Waals surface area contributed by atoms with Crippen LogP contribution in [0, 0.1) is 11.3 Å². The third-order valence-corrected chi connectivity index (χ3v) is 3.37. The SMILES string of the molecule is N#CCN1C(=O)Cc2cnc(-c3ccns3)nc21. The first kappa shape index (κ1) is 10.8. The molecule has 0 aromatic carbocycles. The van der Waals surface area contributed by atoms with Crippen LogP contribution in [-0.4, -0.2) is 26.8 Å². The Morgan fingerprint density at radius 3 is 3.17 bits per heavy atom. The zero-order chi connectivity index (χ0) is 12.5.